The van der Waals surface area contributed by atoms with Crippen molar-refractivity contribution in [1.29, 1.82) is 0 Å². The van der Waals surface area contributed by atoms with Crippen molar-refractivity contribution in [1.82, 2.24) is 9.97 Å². The largest absolute Gasteiger partial charge is 0.480 e. The molecule has 3 aromatic rings. The van der Waals surface area contributed by atoms with E-state index >= 15 is 0 Å². The zero-order valence-electron chi connectivity index (χ0n) is 15.8. The van der Waals surface area contributed by atoms with Crippen LogP contribution in [0.15, 0.2) is 48.7 Å². The summed E-state index contributed by atoms with van der Waals surface area (Å²) in [4.78, 5) is 32.3. The molecule has 0 atom stereocenters. The highest BCUT2D eigenvalue weighted by Gasteiger charge is 2.34. The first-order valence-electron chi connectivity index (χ1n) is 8.60. The summed E-state index contributed by atoms with van der Waals surface area (Å²) in [6, 6.07) is 8.13. The van der Waals surface area contributed by atoms with E-state index in [1.807, 2.05) is 0 Å². The molecule has 2 aromatic carbocycles. The van der Waals surface area contributed by atoms with Gasteiger partial charge in [0.15, 0.2) is 5.82 Å². The molecule has 1 heterocycles. The van der Waals surface area contributed by atoms with Crippen LogP contribution in [0.1, 0.15) is 26.3 Å². The first-order chi connectivity index (χ1) is 14.6. The zero-order valence-corrected chi connectivity index (χ0v) is 15.8. The number of benzene rings is 2. The van der Waals surface area contributed by atoms with Gasteiger partial charge < -0.3 is 15.8 Å². The van der Waals surface area contributed by atoms with Crippen molar-refractivity contribution in [2.75, 3.05) is 12.4 Å². The summed E-state index contributed by atoms with van der Waals surface area (Å²) in [6.07, 6.45) is -3.79. The first-order valence-corrected chi connectivity index (χ1v) is 8.60. The molecule has 0 bridgehead atoms. The number of anilines is 1. The molecule has 11 heteroatoms. The molecule has 2 amide bonds. The highest BCUT2D eigenvalue weighted by atomic mass is 19.4. The molecule has 0 aliphatic rings. The number of aromatic nitrogens is 2. The van der Waals surface area contributed by atoms with E-state index in [-0.39, 0.29) is 34.1 Å². The first kappa shape index (κ1) is 21.7. The molecule has 0 aliphatic heterocycles. The van der Waals surface area contributed by atoms with Gasteiger partial charge in [-0.25, -0.2) is 9.37 Å². The molecule has 7 nitrogen and oxygen atoms in total. The van der Waals surface area contributed by atoms with Gasteiger partial charge >= 0.3 is 6.18 Å². The van der Waals surface area contributed by atoms with E-state index in [0.29, 0.717) is 12.1 Å². The van der Waals surface area contributed by atoms with Crippen molar-refractivity contribution in [2.24, 2.45) is 5.73 Å². The van der Waals surface area contributed by atoms with Crippen LogP contribution in [-0.2, 0) is 6.18 Å². The summed E-state index contributed by atoms with van der Waals surface area (Å²) < 4.78 is 57.3. The van der Waals surface area contributed by atoms with E-state index in [9.17, 15) is 27.2 Å². The minimum absolute atomic E-state index is 0.0164. The van der Waals surface area contributed by atoms with Gasteiger partial charge in [-0.2, -0.15) is 18.2 Å². The summed E-state index contributed by atoms with van der Waals surface area (Å²) in [7, 11) is 1.27. The van der Waals surface area contributed by atoms with Gasteiger partial charge in [0, 0.05) is 17.4 Å². The minimum atomic E-state index is -4.92. The average molecular weight is 434 g/mol. The fourth-order valence-corrected chi connectivity index (χ4v) is 2.72. The third-order valence-electron chi connectivity index (χ3n) is 4.15. The normalized spacial score (nSPS) is 11.1. The summed E-state index contributed by atoms with van der Waals surface area (Å²) in [5.74, 6) is -3.15. The summed E-state index contributed by atoms with van der Waals surface area (Å²) in [5, 5.41) is 2.30. The molecule has 160 valence electrons. The van der Waals surface area contributed by atoms with Gasteiger partial charge in [-0.15, -0.1) is 0 Å². The quantitative estimate of drug-likeness (QED) is 0.596. The molecule has 0 unspecified atom stereocenters. The van der Waals surface area contributed by atoms with Crippen LogP contribution in [0.2, 0.25) is 0 Å². The Kier molecular flexibility index (Phi) is 5.86. The molecule has 0 fully saturated rings. The molecule has 1 aromatic heterocycles. The summed E-state index contributed by atoms with van der Waals surface area (Å²) in [5.41, 5.74) is 3.63. The smallest absolute Gasteiger partial charge is 0.419 e. The number of rotatable bonds is 5. The Bertz CT molecular complexity index is 1170. The molecule has 3 N–H and O–H groups in total. The molecule has 0 radical (unpaired) electrons. The predicted octanol–water partition coefficient (Wildman–Crippen LogP) is 3.66. The average Bonchev–Trinajstić information content (AvgIpc) is 2.73. The van der Waals surface area contributed by atoms with E-state index in [2.05, 4.69) is 15.3 Å². The Balaban J connectivity index is 1.98. The number of nitrogens with two attached hydrogens (primary N) is 1. The van der Waals surface area contributed by atoms with Gasteiger partial charge in [0.2, 0.25) is 5.88 Å². The Morgan fingerprint density at radius 2 is 1.81 bits per heavy atom. The van der Waals surface area contributed by atoms with Gasteiger partial charge in [0.1, 0.15) is 11.4 Å². The standard InChI is InChI=1S/C20H14F4N4O3/c1-31-19-13(16(25)29)9-26-17(28-19)11-4-2-3-5-12(11)18(30)27-10-6-7-15(21)14(8-10)20(22,23)24/h2-9H,1H3,(H2,25,29)(H,27,30). The lowest BCUT2D eigenvalue weighted by molar-refractivity contribution is -0.139. The molecule has 0 aliphatic carbocycles. The number of primary amides is 1. The topological polar surface area (TPSA) is 107 Å². The second-order valence-corrected chi connectivity index (χ2v) is 6.17. The highest BCUT2D eigenvalue weighted by molar-refractivity contribution is 6.08. The summed E-state index contributed by atoms with van der Waals surface area (Å²) >= 11 is 0. The van der Waals surface area contributed by atoms with Crippen LogP contribution >= 0.6 is 0 Å². The minimum Gasteiger partial charge on any atom is -0.480 e. The van der Waals surface area contributed by atoms with E-state index in [1.165, 1.54) is 25.3 Å². The number of amides is 2. The Morgan fingerprint density at radius 1 is 1.10 bits per heavy atom. The van der Waals surface area contributed by atoms with Gasteiger partial charge in [-0.1, -0.05) is 18.2 Å². The van der Waals surface area contributed by atoms with E-state index in [0.717, 1.165) is 12.3 Å². The van der Waals surface area contributed by atoms with Crippen LogP contribution in [0.3, 0.4) is 0 Å². The maximum Gasteiger partial charge on any atom is 0.419 e. The SMILES string of the molecule is COc1nc(-c2ccccc2C(=O)Nc2ccc(F)c(C(F)(F)F)c2)ncc1C(N)=O. The molecule has 0 spiro atoms. The number of ether oxygens (including phenoxy) is 1. The number of nitrogens with zero attached hydrogens (tertiary/aromatic N) is 2. The van der Waals surface area contributed by atoms with Gasteiger partial charge in [-0.05, 0) is 24.3 Å². The van der Waals surface area contributed by atoms with Crippen LogP contribution in [0.25, 0.3) is 11.4 Å². The van der Waals surface area contributed by atoms with Crippen LogP contribution < -0.4 is 15.8 Å². The van der Waals surface area contributed by atoms with Crippen molar-refractivity contribution < 1.29 is 31.9 Å². The monoisotopic (exact) mass is 434 g/mol. The van der Waals surface area contributed by atoms with Crippen LogP contribution in [0.5, 0.6) is 5.88 Å². The Hall–Kier alpha value is -4.02. The van der Waals surface area contributed by atoms with Crippen LogP contribution in [0.4, 0.5) is 23.2 Å². The van der Waals surface area contributed by atoms with Crippen molar-refractivity contribution in [3.05, 3.63) is 71.2 Å². The maximum atomic E-state index is 13.5. The number of methoxy groups -OCH3 is 1. The fraction of sp³-hybridized carbons (Fsp3) is 0.100. The van der Waals surface area contributed by atoms with E-state index in [4.69, 9.17) is 10.5 Å². The predicted molar refractivity (Wildman–Crippen MR) is 102 cm³/mol. The number of halogens is 4. The van der Waals surface area contributed by atoms with E-state index in [1.54, 1.807) is 6.07 Å². The third-order valence-corrected chi connectivity index (χ3v) is 4.15. The van der Waals surface area contributed by atoms with Crippen LogP contribution in [-0.4, -0.2) is 28.9 Å². The lowest BCUT2D eigenvalue weighted by atomic mass is 10.1. The molecule has 31 heavy (non-hydrogen) atoms. The highest BCUT2D eigenvalue weighted by Crippen LogP contribution is 2.33. The second-order valence-electron chi connectivity index (χ2n) is 6.17. The Labute approximate surface area is 172 Å². The molecular weight excluding hydrogens is 420 g/mol. The number of hydrogen-bond acceptors (Lipinski definition) is 5. The van der Waals surface area contributed by atoms with Crippen molar-refractivity contribution in [2.45, 2.75) is 6.18 Å². The van der Waals surface area contributed by atoms with Gasteiger partial charge in [-0.3, -0.25) is 9.59 Å². The lowest BCUT2D eigenvalue weighted by Gasteiger charge is -2.13. The van der Waals surface area contributed by atoms with Gasteiger partial charge in [0.25, 0.3) is 11.8 Å². The molecular formula is C20H14F4N4O3. The van der Waals surface area contributed by atoms with Crippen molar-refractivity contribution in [3.8, 4) is 17.3 Å². The molecule has 0 saturated heterocycles. The van der Waals surface area contributed by atoms with Crippen molar-refractivity contribution >= 4 is 17.5 Å². The van der Waals surface area contributed by atoms with Gasteiger partial charge in [0.05, 0.1) is 18.2 Å². The van der Waals surface area contributed by atoms with Crippen molar-refractivity contribution in [3.63, 3.8) is 0 Å². The number of alkyl halides is 3. The lowest BCUT2D eigenvalue weighted by Crippen LogP contribution is -2.16. The number of hydrogen-bond donors (Lipinski definition) is 2. The maximum absolute atomic E-state index is 13.5. The Morgan fingerprint density at radius 3 is 2.45 bits per heavy atom. The number of carbonyl (C=O) groups excluding carboxylic acids is 2. The third kappa shape index (κ3) is 4.60. The fourth-order valence-electron chi connectivity index (χ4n) is 2.72. The number of nitrogens with one attached hydrogen (secondary N) is 1. The summed E-state index contributed by atoms with van der Waals surface area (Å²) in [6.45, 7) is 0. The van der Waals surface area contributed by atoms with E-state index < -0.39 is 29.4 Å². The number of carbonyl (C=O) groups is 2. The second kappa shape index (κ2) is 8.38. The van der Waals surface area contributed by atoms with Crippen LogP contribution in [0, 0.1) is 5.82 Å². The zero-order chi connectivity index (χ0) is 22.8. The molecule has 3 rings (SSSR count). The molecule has 0 saturated carbocycles.